The monoisotopic (exact) mass is 369 g/mol. The van der Waals surface area contributed by atoms with Crippen LogP contribution in [0.25, 0.3) is 0 Å². The molecule has 1 aliphatic carbocycles. The largest absolute Gasteiger partial charge is 0.445 e. The highest BCUT2D eigenvalue weighted by molar-refractivity contribution is 7.86. The zero-order valence-corrected chi connectivity index (χ0v) is 15.5. The van der Waals surface area contributed by atoms with Gasteiger partial charge in [-0.25, -0.2) is 4.79 Å². The predicted molar refractivity (Wildman–Crippen MR) is 95.6 cm³/mol. The minimum atomic E-state index is -3.68. The van der Waals surface area contributed by atoms with E-state index in [4.69, 9.17) is 8.92 Å². The van der Waals surface area contributed by atoms with Gasteiger partial charge >= 0.3 is 6.09 Å². The van der Waals surface area contributed by atoms with Crippen LogP contribution in [0.15, 0.2) is 30.3 Å². The number of carbonyl (C=O) groups excluding carboxylic acids is 1. The van der Waals surface area contributed by atoms with Crippen LogP contribution in [0, 0.1) is 0 Å². The minimum absolute atomic E-state index is 0.147. The van der Waals surface area contributed by atoms with E-state index in [1.54, 1.807) is 0 Å². The number of hydrogen-bond acceptors (Lipinski definition) is 5. The van der Waals surface area contributed by atoms with E-state index in [1.165, 1.54) is 0 Å². The van der Waals surface area contributed by atoms with Crippen molar-refractivity contribution in [3.63, 3.8) is 0 Å². The van der Waals surface area contributed by atoms with Gasteiger partial charge in [-0.3, -0.25) is 4.18 Å². The average molecular weight is 369 g/mol. The van der Waals surface area contributed by atoms with Gasteiger partial charge in [-0.1, -0.05) is 56.5 Å². The Balaban J connectivity index is 1.78. The predicted octanol–water partition coefficient (Wildman–Crippen LogP) is 3.37. The molecular formula is C18H27NO5S. The molecule has 0 bridgehead atoms. The lowest BCUT2D eigenvalue weighted by Gasteiger charge is -2.23. The molecular weight excluding hydrogens is 342 g/mol. The first-order chi connectivity index (χ1) is 12.0. The van der Waals surface area contributed by atoms with E-state index in [9.17, 15) is 13.2 Å². The smallest absolute Gasteiger partial charge is 0.407 e. The third-order valence-electron chi connectivity index (χ3n) is 4.27. The summed E-state index contributed by atoms with van der Waals surface area (Å²) < 4.78 is 34.9. The Morgan fingerprint density at radius 3 is 2.52 bits per heavy atom. The highest BCUT2D eigenvalue weighted by Gasteiger charge is 2.25. The van der Waals surface area contributed by atoms with Crippen LogP contribution < -0.4 is 5.32 Å². The molecule has 1 saturated carbocycles. The first-order valence-electron chi connectivity index (χ1n) is 8.86. The second-order valence-electron chi connectivity index (χ2n) is 6.39. The van der Waals surface area contributed by atoms with Gasteiger partial charge in [0.15, 0.2) is 0 Å². The van der Waals surface area contributed by atoms with E-state index in [2.05, 4.69) is 5.32 Å². The molecule has 2 rings (SSSR count). The van der Waals surface area contributed by atoms with Crippen LogP contribution >= 0.6 is 0 Å². The van der Waals surface area contributed by atoms with Crippen LogP contribution in [0.4, 0.5) is 4.79 Å². The lowest BCUT2D eigenvalue weighted by molar-refractivity contribution is 0.135. The van der Waals surface area contributed by atoms with Crippen molar-refractivity contribution in [2.24, 2.45) is 0 Å². The summed E-state index contributed by atoms with van der Waals surface area (Å²) in [5.74, 6) is -0.236. The van der Waals surface area contributed by atoms with Crippen molar-refractivity contribution in [2.75, 3.05) is 5.75 Å². The highest BCUT2D eigenvalue weighted by atomic mass is 32.2. The summed E-state index contributed by atoms with van der Waals surface area (Å²) in [5, 5.41) is 2.61. The van der Waals surface area contributed by atoms with E-state index in [0.29, 0.717) is 6.42 Å². The summed E-state index contributed by atoms with van der Waals surface area (Å²) in [7, 11) is -3.68. The summed E-state index contributed by atoms with van der Waals surface area (Å²) in [5.41, 5.74) is 0.874. The van der Waals surface area contributed by atoms with Crippen molar-refractivity contribution in [2.45, 2.75) is 64.2 Å². The van der Waals surface area contributed by atoms with E-state index in [-0.39, 0.29) is 18.5 Å². The molecule has 6 nitrogen and oxygen atoms in total. The molecule has 140 valence electrons. The number of carbonyl (C=O) groups is 1. The van der Waals surface area contributed by atoms with E-state index >= 15 is 0 Å². The number of nitrogens with one attached hydrogen (secondary N) is 1. The van der Waals surface area contributed by atoms with Gasteiger partial charge in [0.2, 0.25) is 0 Å². The van der Waals surface area contributed by atoms with Crippen molar-refractivity contribution in [1.82, 2.24) is 5.32 Å². The van der Waals surface area contributed by atoms with Crippen molar-refractivity contribution < 1.29 is 22.1 Å². The topological polar surface area (TPSA) is 81.7 Å². The fraction of sp³-hybridized carbons (Fsp3) is 0.611. The van der Waals surface area contributed by atoms with Crippen molar-refractivity contribution >= 4 is 16.2 Å². The molecule has 1 aliphatic rings. The molecule has 0 heterocycles. The molecule has 0 saturated heterocycles. The van der Waals surface area contributed by atoms with E-state index in [0.717, 1.165) is 37.7 Å². The van der Waals surface area contributed by atoms with Gasteiger partial charge in [-0.2, -0.15) is 8.42 Å². The molecule has 1 N–H and O–H groups in total. The highest BCUT2D eigenvalue weighted by Crippen LogP contribution is 2.22. The Bertz CT molecular complexity index is 626. The standard InChI is InChI=1S/C18H27NO5S/c1-2-16(14-25(21,22)24-17-11-7-4-8-12-17)19-18(20)23-13-15-9-5-3-6-10-15/h3,5-6,9-10,16-17H,2,4,7-8,11-14H2,1H3,(H,19,20)/t16-/m0/s1. The summed E-state index contributed by atoms with van der Waals surface area (Å²) >= 11 is 0. The van der Waals surface area contributed by atoms with Crippen LogP contribution in [-0.2, 0) is 25.6 Å². The zero-order chi connectivity index (χ0) is 18.1. The number of ether oxygens (including phenoxy) is 1. The molecule has 1 amide bonds. The number of amides is 1. The quantitative estimate of drug-likeness (QED) is 0.711. The molecule has 0 radical (unpaired) electrons. The first kappa shape index (κ1) is 19.7. The second-order valence-corrected chi connectivity index (χ2v) is 8.03. The lowest BCUT2D eigenvalue weighted by atomic mass is 9.98. The summed E-state index contributed by atoms with van der Waals surface area (Å²) in [6.07, 6.45) is 4.33. The van der Waals surface area contributed by atoms with Gasteiger partial charge in [-0.15, -0.1) is 0 Å². The van der Waals surface area contributed by atoms with Gasteiger partial charge < -0.3 is 10.1 Å². The molecule has 0 aliphatic heterocycles. The molecule has 0 aromatic heterocycles. The first-order valence-corrected chi connectivity index (χ1v) is 10.4. The van der Waals surface area contributed by atoms with E-state index < -0.39 is 22.3 Å². The van der Waals surface area contributed by atoms with Crippen molar-refractivity contribution in [1.29, 1.82) is 0 Å². The fourth-order valence-electron chi connectivity index (χ4n) is 2.85. The molecule has 25 heavy (non-hydrogen) atoms. The fourth-order valence-corrected chi connectivity index (χ4v) is 4.34. The normalized spacial score (nSPS) is 17.0. The number of alkyl carbamates (subject to hydrolysis) is 1. The average Bonchev–Trinajstić information content (AvgIpc) is 2.60. The number of benzene rings is 1. The third kappa shape index (κ3) is 7.44. The molecule has 7 heteroatoms. The Morgan fingerprint density at radius 1 is 1.20 bits per heavy atom. The number of rotatable bonds is 8. The van der Waals surface area contributed by atoms with Crippen LogP contribution in [0.2, 0.25) is 0 Å². The lowest BCUT2D eigenvalue weighted by Crippen LogP contribution is -2.40. The summed E-state index contributed by atoms with van der Waals surface area (Å²) in [6, 6.07) is 8.78. The maximum absolute atomic E-state index is 12.2. The Hall–Kier alpha value is -1.60. The molecule has 1 fully saturated rings. The Kier molecular flexibility index (Phi) is 7.71. The van der Waals surface area contributed by atoms with Gasteiger partial charge in [0.05, 0.1) is 11.9 Å². The minimum Gasteiger partial charge on any atom is -0.445 e. The third-order valence-corrected chi connectivity index (χ3v) is 5.64. The van der Waals surface area contributed by atoms with Gasteiger partial charge in [0.25, 0.3) is 10.1 Å². The maximum Gasteiger partial charge on any atom is 0.407 e. The zero-order valence-electron chi connectivity index (χ0n) is 14.6. The molecule has 1 aromatic carbocycles. The van der Waals surface area contributed by atoms with Crippen molar-refractivity contribution in [3.8, 4) is 0 Å². The van der Waals surface area contributed by atoms with Crippen molar-refractivity contribution in [3.05, 3.63) is 35.9 Å². The molecule has 0 spiro atoms. The molecule has 0 unspecified atom stereocenters. The Morgan fingerprint density at radius 2 is 1.88 bits per heavy atom. The Labute approximate surface area is 150 Å². The summed E-state index contributed by atoms with van der Waals surface area (Å²) in [4.78, 5) is 11.9. The van der Waals surface area contributed by atoms with E-state index in [1.807, 2.05) is 37.3 Å². The van der Waals surface area contributed by atoms with Gasteiger partial charge in [0, 0.05) is 6.04 Å². The molecule has 1 atom stereocenters. The van der Waals surface area contributed by atoms with Crippen LogP contribution in [0.1, 0.15) is 51.0 Å². The number of hydrogen-bond donors (Lipinski definition) is 1. The SMILES string of the molecule is CC[C@@H](CS(=O)(=O)OC1CCCCC1)NC(=O)OCc1ccccc1. The van der Waals surface area contributed by atoms with Gasteiger partial charge in [-0.05, 0) is 24.8 Å². The molecule has 1 aromatic rings. The van der Waals surface area contributed by atoms with Crippen LogP contribution in [0.5, 0.6) is 0 Å². The van der Waals surface area contributed by atoms with Gasteiger partial charge in [0.1, 0.15) is 6.61 Å². The summed E-state index contributed by atoms with van der Waals surface area (Å²) in [6.45, 7) is 1.96. The second kappa shape index (κ2) is 9.77. The van der Waals surface area contributed by atoms with Crippen LogP contribution in [-0.4, -0.2) is 32.4 Å². The van der Waals surface area contributed by atoms with Crippen LogP contribution in [0.3, 0.4) is 0 Å². The maximum atomic E-state index is 12.2.